The summed E-state index contributed by atoms with van der Waals surface area (Å²) in [5.41, 5.74) is 6.83. The molecule has 0 saturated heterocycles. The molecule has 3 aromatic rings. The summed E-state index contributed by atoms with van der Waals surface area (Å²) in [5, 5.41) is 0. The second kappa shape index (κ2) is 6.96. The first-order valence-corrected chi connectivity index (χ1v) is 9.20. The number of anilines is 2. The minimum atomic E-state index is -3.91. The number of hydrogen-bond donors (Lipinski definition) is 2. The number of carbonyl (C=O) groups excluding carboxylic acids is 1. The zero-order chi connectivity index (χ0) is 18.7. The fourth-order valence-corrected chi connectivity index (χ4v) is 3.57. The lowest BCUT2D eigenvalue weighted by molar-refractivity contribution is 0.0526. The number of carbonyl (C=O) groups is 1. The van der Waals surface area contributed by atoms with Crippen molar-refractivity contribution < 1.29 is 17.9 Å². The minimum Gasteiger partial charge on any atom is -0.462 e. The van der Waals surface area contributed by atoms with Crippen LogP contribution in [0.15, 0.2) is 53.6 Å². The van der Waals surface area contributed by atoms with Crippen LogP contribution in [-0.2, 0) is 14.8 Å². The Kier molecular flexibility index (Phi) is 4.72. The molecular formula is C17H16N4O4S. The summed E-state index contributed by atoms with van der Waals surface area (Å²) in [6, 6.07) is 10.6. The van der Waals surface area contributed by atoms with Gasteiger partial charge < -0.3 is 10.5 Å². The van der Waals surface area contributed by atoms with E-state index in [9.17, 15) is 13.2 Å². The fourth-order valence-electron chi connectivity index (χ4n) is 2.35. The lowest BCUT2D eigenvalue weighted by atomic mass is 10.2. The Morgan fingerprint density at radius 2 is 1.92 bits per heavy atom. The van der Waals surface area contributed by atoms with Crippen molar-refractivity contribution in [3.63, 3.8) is 0 Å². The van der Waals surface area contributed by atoms with E-state index < -0.39 is 16.0 Å². The van der Waals surface area contributed by atoms with Crippen molar-refractivity contribution in [1.82, 2.24) is 9.97 Å². The van der Waals surface area contributed by atoms with Gasteiger partial charge >= 0.3 is 5.97 Å². The predicted molar refractivity (Wildman–Crippen MR) is 97.2 cm³/mol. The highest BCUT2D eigenvalue weighted by Crippen LogP contribution is 2.23. The number of nitrogen functional groups attached to an aromatic ring is 1. The van der Waals surface area contributed by atoms with Crippen molar-refractivity contribution in [1.29, 1.82) is 0 Å². The molecule has 0 aliphatic carbocycles. The van der Waals surface area contributed by atoms with E-state index in [1.807, 2.05) is 0 Å². The van der Waals surface area contributed by atoms with Gasteiger partial charge in [-0.3, -0.25) is 4.72 Å². The molecule has 0 atom stereocenters. The maximum absolute atomic E-state index is 12.7. The van der Waals surface area contributed by atoms with Gasteiger partial charge in [-0.05, 0) is 43.3 Å². The molecule has 0 spiro atoms. The zero-order valence-electron chi connectivity index (χ0n) is 13.8. The van der Waals surface area contributed by atoms with Crippen molar-refractivity contribution >= 4 is 38.5 Å². The number of nitrogens with two attached hydrogens (primary N) is 1. The molecular weight excluding hydrogens is 356 g/mol. The van der Waals surface area contributed by atoms with E-state index in [-0.39, 0.29) is 22.8 Å². The van der Waals surface area contributed by atoms with Gasteiger partial charge in [-0.25, -0.2) is 23.2 Å². The minimum absolute atomic E-state index is 0.0167. The number of benzene rings is 2. The van der Waals surface area contributed by atoms with Crippen LogP contribution in [0.1, 0.15) is 17.3 Å². The average Bonchev–Trinajstić information content (AvgIpc) is 2.61. The number of rotatable bonds is 5. The van der Waals surface area contributed by atoms with Crippen LogP contribution in [0.3, 0.4) is 0 Å². The van der Waals surface area contributed by atoms with Crippen molar-refractivity contribution in [3.8, 4) is 0 Å². The lowest BCUT2D eigenvalue weighted by Gasteiger charge is -2.10. The Balaban J connectivity index is 1.91. The summed E-state index contributed by atoms with van der Waals surface area (Å²) in [7, 11) is -3.91. The number of aromatic nitrogens is 2. The smallest absolute Gasteiger partial charge is 0.338 e. The second-order valence-corrected chi connectivity index (χ2v) is 6.97. The first-order valence-electron chi connectivity index (χ1n) is 7.72. The molecule has 0 bridgehead atoms. The van der Waals surface area contributed by atoms with Crippen LogP contribution >= 0.6 is 0 Å². The molecule has 26 heavy (non-hydrogen) atoms. The molecule has 0 aliphatic heterocycles. The molecule has 8 nitrogen and oxygen atoms in total. The largest absolute Gasteiger partial charge is 0.462 e. The second-order valence-electron chi connectivity index (χ2n) is 5.32. The number of fused-ring (bicyclic) bond motifs is 1. The molecule has 9 heteroatoms. The summed E-state index contributed by atoms with van der Waals surface area (Å²) < 4.78 is 32.8. The molecule has 0 aliphatic rings. The highest BCUT2D eigenvalue weighted by atomic mass is 32.2. The lowest BCUT2D eigenvalue weighted by Crippen LogP contribution is -2.14. The Morgan fingerprint density at radius 1 is 1.19 bits per heavy atom. The summed E-state index contributed by atoms with van der Waals surface area (Å²) >= 11 is 0. The van der Waals surface area contributed by atoms with E-state index in [0.717, 1.165) is 0 Å². The third-order valence-corrected chi connectivity index (χ3v) is 4.90. The van der Waals surface area contributed by atoms with Crippen LogP contribution in [0.5, 0.6) is 0 Å². The van der Waals surface area contributed by atoms with E-state index in [1.54, 1.807) is 19.1 Å². The molecule has 3 rings (SSSR count). The predicted octanol–water partition coefficient (Wildman–Crippen LogP) is 2.19. The highest BCUT2D eigenvalue weighted by Gasteiger charge is 2.19. The van der Waals surface area contributed by atoms with Gasteiger partial charge in [-0.2, -0.15) is 0 Å². The molecule has 0 amide bonds. The Bertz CT molecular complexity index is 1070. The van der Waals surface area contributed by atoms with Crippen LogP contribution in [0.4, 0.5) is 11.5 Å². The molecule has 0 saturated carbocycles. The highest BCUT2D eigenvalue weighted by molar-refractivity contribution is 7.93. The van der Waals surface area contributed by atoms with Gasteiger partial charge in [0.05, 0.1) is 23.9 Å². The Morgan fingerprint density at radius 3 is 2.62 bits per heavy atom. The number of nitrogens with zero attached hydrogens (tertiary/aromatic N) is 2. The summed E-state index contributed by atoms with van der Waals surface area (Å²) in [4.78, 5) is 19.8. The molecule has 0 radical (unpaired) electrons. The Labute approximate surface area is 150 Å². The SMILES string of the molecule is CCOC(=O)c1ccc(NS(=O)(=O)c2cccc3nc(N)cnc23)cc1. The first-order chi connectivity index (χ1) is 12.4. The molecule has 0 unspecified atom stereocenters. The maximum atomic E-state index is 12.7. The van der Waals surface area contributed by atoms with E-state index in [0.29, 0.717) is 16.8 Å². The number of para-hydroxylation sites is 1. The third-order valence-electron chi connectivity index (χ3n) is 3.49. The zero-order valence-corrected chi connectivity index (χ0v) is 14.7. The van der Waals surface area contributed by atoms with E-state index in [2.05, 4.69) is 14.7 Å². The number of hydrogen-bond acceptors (Lipinski definition) is 7. The van der Waals surface area contributed by atoms with Gasteiger partial charge in [0, 0.05) is 5.69 Å². The van der Waals surface area contributed by atoms with E-state index in [1.165, 1.54) is 36.5 Å². The summed E-state index contributed by atoms with van der Waals surface area (Å²) in [6.45, 7) is 1.97. The maximum Gasteiger partial charge on any atom is 0.338 e. The van der Waals surface area contributed by atoms with Crippen molar-refractivity contribution in [2.45, 2.75) is 11.8 Å². The van der Waals surface area contributed by atoms with E-state index >= 15 is 0 Å². The summed E-state index contributed by atoms with van der Waals surface area (Å²) in [5.74, 6) is -0.265. The van der Waals surface area contributed by atoms with Crippen molar-refractivity contribution in [2.75, 3.05) is 17.1 Å². The summed E-state index contributed by atoms with van der Waals surface area (Å²) in [6.07, 6.45) is 1.30. The molecule has 134 valence electrons. The van der Waals surface area contributed by atoms with Gasteiger partial charge in [-0.15, -0.1) is 0 Å². The van der Waals surface area contributed by atoms with Crippen molar-refractivity contribution in [2.24, 2.45) is 0 Å². The molecule has 1 aromatic heterocycles. The molecule has 2 aromatic carbocycles. The molecule has 1 heterocycles. The number of ether oxygens (including phenoxy) is 1. The first kappa shape index (κ1) is 17.6. The molecule has 3 N–H and O–H groups in total. The van der Waals surface area contributed by atoms with Crippen LogP contribution in [0.25, 0.3) is 11.0 Å². The molecule has 0 fully saturated rings. The topological polar surface area (TPSA) is 124 Å². The Hall–Kier alpha value is -3.20. The van der Waals surface area contributed by atoms with Gasteiger partial charge in [0.1, 0.15) is 16.2 Å². The van der Waals surface area contributed by atoms with Crippen LogP contribution in [0, 0.1) is 0 Å². The van der Waals surface area contributed by atoms with Gasteiger partial charge in [-0.1, -0.05) is 6.07 Å². The normalized spacial score (nSPS) is 11.3. The standard InChI is InChI=1S/C17H16N4O4S/c1-2-25-17(22)11-6-8-12(9-7-11)21-26(23,24)14-5-3-4-13-16(14)19-10-15(18)20-13/h3-10,21H,2H2,1H3,(H2,18,20). The third kappa shape index (κ3) is 3.57. The quantitative estimate of drug-likeness (QED) is 0.658. The number of esters is 1. The van der Waals surface area contributed by atoms with E-state index in [4.69, 9.17) is 10.5 Å². The monoisotopic (exact) mass is 372 g/mol. The number of nitrogens with one attached hydrogen (secondary N) is 1. The number of sulfonamides is 1. The van der Waals surface area contributed by atoms with Crippen LogP contribution < -0.4 is 10.5 Å². The van der Waals surface area contributed by atoms with Gasteiger partial charge in [0.25, 0.3) is 10.0 Å². The van der Waals surface area contributed by atoms with Crippen LogP contribution in [0.2, 0.25) is 0 Å². The van der Waals surface area contributed by atoms with Gasteiger partial charge in [0.2, 0.25) is 0 Å². The van der Waals surface area contributed by atoms with Crippen molar-refractivity contribution in [3.05, 3.63) is 54.2 Å². The average molecular weight is 372 g/mol. The van der Waals surface area contributed by atoms with Gasteiger partial charge in [0.15, 0.2) is 0 Å². The fraction of sp³-hybridized carbons (Fsp3) is 0.118. The van der Waals surface area contributed by atoms with Crippen LogP contribution in [-0.4, -0.2) is 31.0 Å².